The number of rotatable bonds is 6. The van der Waals surface area contributed by atoms with Gasteiger partial charge in [-0.05, 0) is 0 Å². The average Bonchev–Trinajstić information content (AvgIpc) is 3.20. The summed E-state index contributed by atoms with van der Waals surface area (Å²) >= 11 is 0. The van der Waals surface area contributed by atoms with Gasteiger partial charge in [0.1, 0.15) is 12.2 Å². The van der Waals surface area contributed by atoms with Crippen molar-refractivity contribution in [1.82, 2.24) is 9.55 Å². The molecule has 32 heavy (non-hydrogen) atoms. The SMILES string of the molecule is COc1cn(C23COC(COP4OP(=O)(O)OP(=O)(O)O4)C2OC(OC)O3)c(=O)[nH]c1=O. The molecule has 3 N–H and O–H groups in total. The van der Waals surface area contributed by atoms with E-state index in [1.807, 2.05) is 0 Å². The van der Waals surface area contributed by atoms with Crippen LogP contribution in [0.5, 0.6) is 5.75 Å². The minimum Gasteiger partial charge on any atom is -0.490 e. The predicted octanol–water partition coefficient (Wildman–Crippen LogP) is -0.550. The van der Waals surface area contributed by atoms with Crippen LogP contribution in [0.1, 0.15) is 0 Å². The Hall–Kier alpha value is -1.03. The summed E-state index contributed by atoms with van der Waals surface area (Å²) in [5.74, 6) is -0.188. The number of hydrogen-bond donors (Lipinski definition) is 3. The monoisotopic (exact) mass is 522 g/mol. The highest BCUT2D eigenvalue weighted by atomic mass is 31.3. The topological polar surface area (TPSA) is 213 Å². The fraction of sp³-hybridized carbons (Fsp3) is 0.667. The van der Waals surface area contributed by atoms with Crippen molar-refractivity contribution >= 4 is 24.2 Å². The lowest BCUT2D eigenvalue weighted by Crippen LogP contribution is -2.51. The van der Waals surface area contributed by atoms with Gasteiger partial charge in [-0.3, -0.25) is 19.1 Å². The van der Waals surface area contributed by atoms with E-state index in [1.165, 1.54) is 14.2 Å². The second-order valence-electron chi connectivity index (χ2n) is 6.42. The van der Waals surface area contributed by atoms with Gasteiger partial charge in [0.15, 0.2) is 0 Å². The van der Waals surface area contributed by atoms with Gasteiger partial charge in [0.2, 0.25) is 11.5 Å². The van der Waals surface area contributed by atoms with E-state index in [4.69, 9.17) is 28.2 Å². The van der Waals surface area contributed by atoms with Crippen molar-refractivity contribution in [3.8, 4) is 5.75 Å². The number of aromatic nitrogens is 2. The Bertz CT molecular complexity index is 1070. The molecule has 0 radical (unpaired) electrons. The number of phosphoric acid groups is 2. The Kier molecular flexibility index (Phi) is 6.51. The second kappa shape index (κ2) is 8.64. The molecule has 6 atom stereocenters. The maximum atomic E-state index is 12.5. The molecule has 17 nitrogen and oxygen atoms in total. The summed E-state index contributed by atoms with van der Waals surface area (Å²) in [6, 6.07) is 0. The molecule has 0 aromatic carbocycles. The number of nitrogens with zero attached hydrogens (tertiary/aromatic N) is 1. The van der Waals surface area contributed by atoms with Crippen LogP contribution >= 0.6 is 24.2 Å². The maximum absolute atomic E-state index is 12.5. The summed E-state index contributed by atoms with van der Waals surface area (Å²) in [6.07, 6.45) is -0.964. The van der Waals surface area contributed by atoms with Gasteiger partial charge >= 0.3 is 29.9 Å². The molecule has 3 fully saturated rings. The Morgan fingerprint density at radius 2 is 1.97 bits per heavy atom. The fourth-order valence-electron chi connectivity index (χ4n) is 3.20. The third-order valence-corrected chi connectivity index (χ3v) is 9.19. The van der Waals surface area contributed by atoms with Crippen molar-refractivity contribution in [3.05, 3.63) is 27.0 Å². The minimum absolute atomic E-state index is 0.188. The molecule has 0 amide bonds. The van der Waals surface area contributed by atoms with Crippen LogP contribution in [0.2, 0.25) is 0 Å². The quantitative estimate of drug-likeness (QED) is 0.400. The standard InChI is InChI=1S/C12H17N2O15P3/c1-21-6-3-14(10(16)13-9(6)15)12-5-23-7(8(12)25-11(22-2)26-12)4-24-30-27-31(17,18)29-32(19,20)28-30/h3,7-8,11H,4-5H2,1-2H3,(H,17,18)(H,19,20)(H,13,15,16). The highest BCUT2D eigenvalue weighted by molar-refractivity contribution is 7.72. The second-order valence-corrected chi connectivity index (χ2v) is 11.0. The van der Waals surface area contributed by atoms with Crippen LogP contribution in [0.4, 0.5) is 0 Å². The lowest BCUT2D eigenvalue weighted by molar-refractivity contribution is -0.265. The first kappa shape index (κ1) is 24.1. The number of methoxy groups -OCH3 is 2. The average molecular weight is 522 g/mol. The van der Waals surface area contributed by atoms with E-state index in [0.717, 1.165) is 10.8 Å². The van der Waals surface area contributed by atoms with Crippen molar-refractivity contribution in [2.45, 2.75) is 24.4 Å². The largest absolute Gasteiger partial charge is 0.490 e. The number of fused-ring (bicyclic) bond motifs is 1. The highest BCUT2D eigenvalue weighted by Crippen LogP contribution is 2.76. The van der Waals surface area contributed by atoms with Crippen LogP contribution in [0.3, 0.4) is 0 Å². The molecular formula is C12H17N2O15P3. The fourth-order valence-corrected chi connectivity index (χ4v) is 7.40. The van der Waals surface area contributed by atoms with Crippen LogP contribution in [0.25, 0.3) is 0 Å². The molecule has 1 aromatic heterocycles. The molecular weight excluding hydrogens is 505 g/mol. The van der Waals surface area contributed by atoms with Crippen LogP contribution in [0.15, 0.2) is 15.8 Å². The molecule has 6 unspecified atom stereocenters. The molecule has 20 heteroatoms. The van der Waals surface area contributed by atoms with Gasteiger partial charge < -0.3 is 33.3 Å². The van der Waals surface area contributed by atoms with Gasteiger partial charge in [-0.2, -0.15) is 4.31 Å². The van der Waals surface area contributed by atoms with Gasteiger partial charge in [0.05, 0.1) is 26.5 Å². The molecule has 0 bridgehead atoms. The Morgan fingerprint density at radius 1 is 1.28 bits per heavy atom. The lowest BCUT2D eigenvalue weighted by Gasteiger charge is -2.28. The van der Waals surface area contributed by atoms with E-state index < -0.39 is 66.5 Å². The zero-order chi connectivity index (χ0) is 23.3. The van der Waals surface area contributed by atoms with Crippen LogP contribution in [-0.4, -0.2) is 65.5 Å². The molecule has 3 aliphatic rings. The van der Waals surface area contributed by atoms with E-state index in [-0.39, 0.29) is 12.4 Å². The van der Waals surface area contributed by atoms with E-state index in [1.54, 1.807) is 0 Å². The molecule has 0 aliphatic carbocycles. The number of ether oxygens (including phenoxy) is 5. The van der Waals surface area contributed by atoms with Crippen molar-refractivity contribution in [2.24, 2.45) is 0 Å². The normalized spacial score (nSPS) is 41.5. The molecule has 4 rings (SSSR count). The van der Waals surface area contributed by atoms with E-state index in [2.05, 4.69) is 17.9 Å². The zero-order valence-electron chi connectivity index (χ0n) is 16.2. The number of aromatic amines is 1. The van der Waals surface area contributed by atoms with Gasteiger partial charge in [-0.1, -0.05) is 0 Å². The van der Waals surface area contributed by atoms with Crippen molar-refractivity contribution in [2.75, 3.05) is 27.4 Å². The molecule has 0 spiro atoms. The minimum atomic E-state index is -4.89. The van der Waals surface area contributed by atoms with Gasteiger partial charge in [-0.15, -0.1) is 0 Å². The summed E-state index contributed by atoms with van der Waals surface area (Å²) < 4.78 is 69.2. The molecule has 3 aliphatic heterocycles. The number of hydrogen-bond acceptors (Lipinski definition) is 13. The van der Waals surface area contributed by atoms with Crippen LogP contribution < -0.4 is 16.0 Å². The van der Waals surface area contributed by atoms with Crippen LogP contribution in [0, 0.1) is 0 Å². The third-order valence-electron chi connectivity index (χ3n) is 4.46. The Balaban J connectivity index is 1.58. The molecule has 1 aromatic rings. The van der Waals surface area contributed by atoms with E-state index >= 15 is 0 Å². The lowest BCUT2D eigenvalue weighted by atomic mass is 10.1. The maximum Gasteiger partial charge on any atom is 0.488 e. The summed E-state index contributed by atoms with van der Waals surface area (Å²) in [5, 5.41) is 0. The summed E-state index contributed by atoms with van der Waals surface area (Å²) in [6.45, 7) is -1.96. The molecule has 0 saturated carbocycles. The van der Waals surface area contributed by atoms with Gasteiger partial charge in [-0.25, -0.2) is 22.5 Å². The van der Waals surface area contributed by atoms with Crippen molar-refractivity contribution in [1.29, 1.82) is 0 Å². The number of nitrogens with one attached hydrogen (secondary N) is 1. The number of H-pyrrole nitrogens is 1. The van der Waals surface area contributed by atoms with Gasteiger partial charge in [0, 0.05) is 7.11 Å². The van der Waals surface area contributed by atoms with Crippen molar-refractivity contribution in [3.63, 3.8) is 0 Å². The Labute approximate surface area is 179 Å². The smallest absolute Gasteiger partial charge is 0.488 e. The van der Waals surface area contributed by atoms with E-state index in [0.29, 0.717) is 0 Å². The Morgan fingerprint density at radius 3 is 2.59 bits per heavy atom. The first-order valence-electron chi connectivity index (χ1n) is 8.56. The molecule has 4 heterocycles. The zero-order valence-corrected chi connectivity index (χ0v) is 18.9. The third kappa shape index (κ3) is 4.50. The summed E-state index contributed by atoms with van der Waals surface area (Å²) in [5.41, 5.74) is -3.23. The first-order chi connectivity index (χ1) is 15.0. The molecule has 3 saturated heterocycles. The summed E-state index contributed by atoms with van der Waals surface area (Å²) in [7, 11) is -10.0. The van der Waals surface area contributed by atoms with Gasteiger partial charge in [0.25, 0.3) is 12.0 Å². The van der Waals surface area contributed by atoms with Crippen molar-refractivity contribution < 1.29 is 60.1 Å². The van der Waals surface area contributed by atoms with E-state index in [9.17, 15) is 28.5 Å². The first-order valence-corrected chi connectivity index (χ1v) is 12.6. The summed E-state index contributed by atoms with van der Waals surface area (Å²) in [4.78, 5) is 45.1. The highest BCUT2D eigenvalue weighted by Gasteiger charge is 2.61. The molecule has 180 valence electrons. The predicted molar refractivity (Wildman–Crippen MR) is 98.1 cm³/mol. The van der Waals surface area contributed by atoms with Crippen LogP contribution in [-0.2, 0) is 51.3 Å².